The van der Waals surface area contributed by atoms with E-state index in [1.54, 1.807) is 0 Å². The molecule has 0 aromatic rings. The number of hydrogen-bond donors (Lipinski definition) is 4. The molecule has 0 radical (unpaired) electrons. The topological polar surface area (TPSA) is 160 Å². The monoisotopic (exact) mass is 774 g/mol. The summed E-state index contributed by atoms with van der Waals surface area (Å²) in [4.78, 5) is 65.8. The molecule has 1 unspecified atom stereocenters. The molecule has 0 bridgehead atoms. The summed E-state index contributed by atoms with van der Waals surface area (Å²) in [5.41, 5.74) is 0. The number of carbonyl (C=O) groups is 3. The number of aliphatic hydroxyl groups is 1. The number of aliphatic hydroxyl groups excluding tert-OH is 1. The standard InChI is InChI=1S/C42H78O10P/c1-3-5-7-9-11-13-15-17-19-21-23-25-27-29-31-33-40(45)50-36-38(37-51-42(39(44)35-43)53(47,48)49)52-41(46)34-32-30-28-26-24-22-20-18-16-14-12-10-8-6-4-2/h12,14,18,20,38,42-43,47-49H,3-11,13,15-17,19,21-37H2,1-2H3/q+1/t38-,42?/m1/s1. The summed E-state index contributed by atoms with van der Waals surface area (Å²) in [6.07, 6.45) is 38.0. The first kappa shape index (κ1) is 51.3. The Hall–Kier alpha value is -1.68. The molecule has 0 amide bonds. The molecule has 0 heterocycles. The lowest BCUT2D eigenvalue weighted by molar-refractivity contribution is -0.164. The SMILES string of the molecule is CCCCCC=CCC=CCCCCCCCC(=O)O[C@H](COC(=O)CCCCCCCCCCCCCCCCC)COC(C(=O)CO)[P+](O)(O)O. The molecule has 53 heavy (non-hydrogen) atoms. The second-order valence-corrected chi connectivity index (χ2v) is 16.1. The summed E-state index contributed by atoms with van der Waals surface area (Å²) in [5, 5.41) is 9.14. The van der Waals surface area contributed by atoms with Crippen LogP contribution in [-0.2, 0) is 28.6 Å². The smallest absolute Gasteiger partial charge is 0.443 e. The van der Waals surface area contributed by atoms with Crippen molar-refractivity contribution in [2.75, 3.05) is 19.8 Å². The van der Waals surface area contributed by atoms with Gasteiger partial charge in [-0.1, -0.05) is 160 Å². The summed E-state index contributed by atoms with van der Waals surface area (Å²) in [6.45, 7) is 2.49. The molecule has 10 nitrogen and oxygen atoms in total. The lowest BCUT2D eigenvalue weighted by Crippen LogP contribution is -2.36. The average Bonchev–Trinajstić information content (AvgIpc) is 3.13. The van der Waals surface area contributed by atoms with E-state index in [4.69, 9.17) is 19.3 Å². The zero-order valence-corrected chi connectivity index (χ0v) is 34.5. The van der Waals surface area contributed by atoms with Crippen molar-refractivity contribution < 1.29 is 48.4 Å². The second kappa shape index (κ2) is 37.3. The molecule has 0 aliphatic rings. The van der Waals surface area contributed by atoms with E-state index < -0.39 is 50.8 Å². The van der Waals surface area contributed by atoms with E-state index in [-0.39, 0.29) is 19.4 Å². The fraction of sp³-hybridized carbons (Fsp3) is 0.833. The highest BCUT2D eigenvalue weighted by Gasteiger charge is 2.49. The van der Waals surface area contributed by atoms with E-state index >= 15 is 0 Å². The molecule has 0 fully saturated rings. The molecule has 0 aliphatic heterocycles. The van der Waals surface area contributed by atoms with Crippen molar-refractivity contribution in [3.05, 3.63) is 24.3 Å². The van der Waals surface area contributed by atoms with E-state index in [1.165, 1.54) is 89.9 Å². The Morgan fingerprint density at radius 2 is 0.962 bits per heavy atom. The molecule has 0 aromatic heterocycles. The summed E-state index contributed by atoms with van der Waals surface area (Å²) in [7, 11) is -4.80. The number of allylic oxidation sites excluding steroid dienone is 4. The minimum absolute atomic E-state index is 0.143. The molecule has 0 rings (SSSR count). The normalized spacial score (nSPS) is 13.2. The highest BCUT2D eigenvalue weighted by atomic mass is 31.2. The number of ketones is 1. The molecule has 2 atom stereocenters. The van der Waals surface area contributed by atoms with E-state index in [9.17, 15) is 29.1 Å². The van der Waals surface area contributed by atoms with Gasteiger partial charge in [0, 0.05) is 12.8 Å². The van der Waals surface area contributed by atoms with Crippen LogP contribution in [-0.4, -0.2) is 69.3 Å². The van der Waals surface area contributed by atoms with Gasteiger partial charge >= 0.3 is 25.7 Å². The average molecular weight is 774 g/mol. The molecule has 0 aliphatic carbocycles. The molecule has 0 aromatic carbocycles. The number of unbranched alkanes of at least 4 members (excludes halogenated alkanes) is 22. The number of ether oxygens (including phenoxy) is 3. The van der Waals surface area contributed by atoms with Gasteiger partial charge < -0.3 is 19.3 Å². The summed E-state index contributed by atoms with van der Waals surface area (Å²) >= 11 is 0. The minimum atomic E-state index is -4.80. The van der Waals surface area contributed by atoms with Crippen LogP contribution in [0, 0.1) is 0 Å². The van der Waals surface area contributed by atoms with E-state index in [0.29, 0.717) is 12.8 Å². The maximum atomic E-state index is 12.6. The van der Waals surface area contributed by atoms with Crippen molar-refractivity contribution in [3.63, 3.8) is 0 Å². The van der Waals surface area contributed by atoms with Crippen LogP contribution in [0.15, 0.2) is 24.3 Å². The summed E-state index contributed by atoms with van der Waals surface area (Å²) in [5.74, 6) is -4.21. The summed E-state index contributed by atoms with van der Waals surface area (Å²) in [6, 6.07) is 0. The van der Waals surface area contributed by atoms with Crippen LogP contribution < -0.4 is 0 Å². The summed E-state index contributed by atoms with van der Waals surface area (Å²) < 4.78 is 16.0. The van der Waals surface area contributed by atoms with Crippen LogP contribution in [0.3, 0.4) is 0 Å². The molecule has 11 heteroatoms. The predicted molar refractivity (Wildman–Crippen MR) is 215 cm³/mol. The van der Waals surface area contributed by atoms with E-state index in [0.717, 1.165) is 64.2 Å². The van der Waals surface area contributed by atoms with Crippen LogP contribution >= 0.6 is 7.94 Å². The molecular weight excluding hydrogens is 695 g/mol. The maximum Gasteiger partial charge on any atom is 0.443 e. The van der Waals surface area contributed by atoms with Crippen molar-refractivity contribution >= 4 is 25.7 Å². The first-order valence-corrected chi connectivity index (χ1v) is 22.8. The van der Waals surface area contributed by atoms with Gasteiger partial charge in [-0.05, 0) is 44.9 Å². The zero-order chi connectivity index (χ0) is 39.3. The van der Waals surface area contributed by atoms with Gasteiger partial charge in [0.05, 0.1) is 6.61 Å². The van der Waals surface area contributed by atoms with Gasteiger partial charge in [-0.25, -0.2) is 0 Å². The number of carbonyl (C=O) groups excluding carboxylic acids is 3. The molecule has 0 saturated heterocycles. The first-order chi connectivity index (χ1) is 25.6. The Morgan fingerprint density at radius 1 is 0.547 bits per heavy atom. The highest BCUT2D eigenvalue weighted by Crippen LogP contribution is 2.51. The number of Topliss-reactive ketones (excluding diaryl/α,β-unsaturated/α-hetero) is 1. The van der Waals surface area contributed by atoms with Crippen molar-refractivity contribution in [2.24, 2.45) is 0 Å². The largest absolute Gasteiger partial charge is 0.462 e. The van der Waals surface area contributed by atoms with Crippen molar-refractivity contribution in [1.29, 1.82) is 0 Å². The fourth-order valence-electron chi connectivity index (χ4n) is 6.00. The van der Waals surface area contributed by atoms with Crippen LogP contribution in [0.2, 0.25) is 0 Å². The van der Waals surface area contributed by atoms with Gasteiger partial charge in [0.2, 0.25) is 5.78 Å². The number of rotatable bonds is 39. The van der Waals surface area contributed by atoms with Crippen LogP contribution in [0.4, 0.5) is 0 Å². The molecule has 310 valence electrons. The van der Waals surface area contributed by atoms with Gasteiger partial charge in [-0.3, -0.25) is 14.4 Å². The Balaban J connectivity index is 4.38. The molecule has 4 N–H and O–H groups in total. The number of hydrogen-bond acceptors (Lipinski definition) is 10. The van der Waals surface area contributed by atoms with Gasteiger partial charge in [0.1, 0.15) is 13.2 Å². The van der Waals surface area contributed by atoms with Gasteiger partial charge in [0.15, 0.2) is 6.10 Å². The van der Waals surface area contributed by atoms with Crippen LogP contribution in [0.1, 0.15) is 194 Å². The van der Waals surface area contributed by atoms with Crippen molar-refractivity contribution in [1.82, 2.24) is 0 Å². The van der Waals surface area contributed by atoms with Crippen molar-refractivity contribution in [3.8, 4) is 0 Å². The Bertz CT molecular complexity index is 933. The third-order valence-corrected chi connectivity index (χ3v) is 10.3. The van der Waals surface area contributed by atoms with Crippen LogP contribution in [0.25, 0.3) is 0 Å². The lowest BCUT2D eigenvalue weighted by Gasteiger charge is -2.21. The lowest BCUT2D eigenvalue weighted by atomic mass is 10.0. The van der Waals surface area contributed by atoms with Crippen LogP contribution in [0.5, 0.6) is 0 Å². The molecule has 0 spiro atoms. The highest BCUT2D eigenvalue weighted by molar-refractivity contribution is 7.60. The minimum Gasteiger partial charge on any atom is -0.462 e. The Kier molecular flexibility index (Phi) is 36.1. The third kappa shape index (κ3) is 34.5. The second-order valence-electron chi connectivity index (χ2n) is 14.4. The zero-order valence-electron chi connectivity index (χ0n) is 33.6. The third-order valence-electron chi connectivity index (χ3n) is 9.23. The fourth-order valence-corrected chi connectivity index (χ4v) is 6.76. The van der Waals surface area contributed by atoms with E-state index in [1.807, 2.05) is 0 Å². The first-order valence-electron chi connectivity index (χ1n) is 21.1. The quantitative estimate of drug-likeness (QED) is 0.0205. The van der Waals surface area contributed by atoms with E-state index in [2.05, 4.69) is 38.2 Å². The van der Waals surface area contributed by atoms with Crippen molar-refractivity contribution in [2.45, 2.75) is 206 Å². The predicted octanol–water partition coefficient (Wildman–Crippen LogP) is 10.2. The number of esters is 2. The van der Waals surface area contributed by atoms with Gasteiger partial charge in [-0.15, -0.1) is 0 Å². The maximum absolute atomic E-state index is 12.6. The Labute approximate surface area is 323 Å². The molecular formula is C42H78O10P+. The van der Waals surface area contributed by atoms with Gasteiger partial charge in [-0.2, -0.15) is 14.7 Å². The Morgan fingerprint density at radius 3 is 1.43 bits per heavy atom. The van der Waals surface area contributed by atoms with Gasteiger partial charge in [0.25, 0.3) is 0 Å². The molecule has 0 saturated carbocycles.